The van der Waals surface area contributed by atoms with Crippen LogP contribution in [0.15, 0.2) is 9.98 Å². The zero-order chi connectivity index (χ0) is 42.2. The maximum atomic E-state index is 13.7. The number of hydrogen-bond donors (Lipinski definition) is 12. The van der Waals surface area contributed by atoms with Crippen LogP contribution in [-0.2, 0) is 33.6 Å². The SMILES string of the molecule is CC(C)CC(NC(=O)C(CC(C)C)NC(=O)C(CCCN=C(N)N)NC(=O)C(CC(C)C)NC(=O)CNC(=O)C(CCCN=C(N)N)NC(=O)CN)C(=O)O. The molecule has 0 aromatic heterocycles. The second kappa shape index (κ2) is 26.5. The number of aliphatic carboxylic acids is 1. The van der Waals surface area contributed by atoms with Gasteiger partial charge in [0.05, 0.1) is 13.1 Å². The van der Waals surface area contributed by atoms with E-state index in [2.05, 4.69) is 41.9 Å². The quantitative estimate of drug-likeness (QED) is 0.0222. The lowest BCUT2D eigenvalue weighted by Crippen LogP contribution is -2.58. The van der Waals surface area contributed by atoms with E-state index in [1.54, 1.807) is 0 Å². The minimum absolute atomic E-state index is 0.0336. The highest BCUT2D eigenvalue weighted by Gasteiger charge is 2.32. The summed E-state index contributed by atoms with van der Waals surface area (Å²) >= 11 is 0. The lowest BCUT2D eigenvalue weighted by atomic mass is 9.99. The maximum absolute atomic E-state index is 13.7. The first kappa shape index (κ1) is 49.8. The Morgan fingerprint density at radius 3 is 1.31 bits per heavy atom. The summed E-state index contributed by atoms with van der Waals surface area (Å²) in [5, 5.41) is 25.0. The van der Waals surface area contributed by atoms with E-state index in [1.165, 1.54) is 0 Å². The van der Waals surface area contributed by atoms with Crippen LogP contribution in [0.3, 0.4) is 0 Å². The molecule has 0 aliphatic carbocycles. The monoisotopic (exact) mass is 784 g/mol. The van der Waals surface area contributed by atoms with Gasteiger partial charge in [0.25, 0.3) is 0 Å². The van der Waals surface area contributed by atoms with Gasteiger partial charge in [0.2, 0.25) is 35.4 Å². The van der Waals surface area contributed by atoms with E-state index in [0.717, 1.165) is 0 Å². The van der Waals surface area contributed by atoms with Gasteiger partial charge in [-0.25, -0.2) is 4.79 Å². The number of carboxylic acids is 1. The fourth-order valence-electron chi connectivity index (χ4n) is 5.25. The van der Waals surface area contributed by atoms with Crippen LogP contribution in [0.4, 0.5) is 0 Å². The van der Waals surface area contributed by atoms with Gasteiger partial charge in [-0.2, -0.15) is 0 Å². The summed E-state index contributed by atoms with van der Waals surface area (Å²) in [5.74, 6) is -5.85. The van der Waals surface area contributed by atoms with Crippen molar-refractivity contribution in [2.75, 3.05) is 26.2 Å². The molecule has 6 amide bonds. The molecular formula is C34H65N13O8. The molecule has 21 heteroatoms. The number of hydrogen-bond acceptors (Lipinski definition) is 10. The van der Waals surface area contributed by atoms with Crippen molar-refractivity contribution in [1.29, 1.82) is 0 Å². The van der Waals surface area contributed by atoms with Crippen LogP contribution in [0.25, 0.3) is 0 Å². The number of carbonyl (C=O) groups is 7. The number of amides is 6. The topological polar surface area (TPSA) is 367 Å². The molecule has 0 bridgehead atoms. The normalized spacial score (nSPS) is 13.7. The largest absolute Gasteiger partial charge is 0.480 e. The number of nitrogens with zero attached hydrogens (tertiary/aromatic N) is 2. The molecule has 0 heterocycles. The van der Waals surface area contributed by atoms with Gasteiger partial charge in [0.15, 0.2) is 11.9 Å². The highest BCUT2D eigenvalue weighted by Crippen LogP contribution is 2.11. The number of carbonyl (C=O) groups excluding carboxylic acids is 6. The minimum atomic E-state index is -1.22. The van der Waals surface area contributed by atoms with Gasteiger partial charge < -0.3 is 65.7 Å². The van der Waals surface area contributed by atoms with E-state index in [-0.39, 0.29) is 87.8 Å². The van der Waals surface area contributed by atoms with Crippen molar-refractivity contribution >= 4 is 53.3 Å². The third-order valence-electron chi connectivity index (χ3n) is 7.80. The Labute approximate surface area is 322 Å². The third-order valence-corrected chi connectivity index (χ3v) is 7.80. The number of nitrogens with one attached hydrogen (secondary N) is 6. The average molecular weight is 784 g/mol. The Bertz CT molecular complexity index is 1330. The first-order valence-corrected chi connectivity index (χ1v) is 18.5. The molecule has 5 atom stereocenters. The lowest BCUT2D eigenvalue weighted by molar-refractivity contribution is -0.143. The van der Waals surface area contributed by atoms with E-state index in [9.17, 15) is 38.7 Å². The zero-order valence-electron chi connectivity index (χ0n) is 33.0. The van der Waals surface area contributed by atoms with Crippen molar-refractivity contribution in [3.05, 3.63) is 0 Å². The lowest BCUT2D eigenvalue weighted by Gasteiger charge is -2.27. The van der Waals surface area contributed by atoms with Crippen molar-refractivity contribution < 1.29 is 38.7 Å². The molecule has 0 fully saturated rings. The molecule has 17 N–H and O–H groups in total. The van der Waals surface area contributed by atoms with Crippen molar-refractivity contribution in [3.8, 4) is 0 Å². The minimum Gasteiger partial charge on any atom is -0.480 e. The molecule has 0 aromatic carbocycles. The number of rotatable bonds is 27. The summed E-state index contributed by atoms with van der Waals surface area (Å²) in [5.41, 5.74) is 26.9. The first-order chi connectivity index (χ1) is 25.7. The fourth-order valence-corrected chi connectivity index (χ4v) is 5.25. The van der Waals surface area contributed by atoms with Gasteiger partial charge in [-0.1, -0.05) is 41.5 Å². The molecule has 0 rings (SSSR count). The van der Waals surface area contributed by atoms with Crippen LogP contribution in [0.2, 0.25) is 0 Å². The van der Waals surface area contributed by atoms with Crippen molar-refractivity contribution in [2.24, 2.45) is 56.4 Å². The average Bonchev–Trinajstić information content (AvgIpc) is 3.07. The molecular weight excluding hydrogens is 718 g/mol. The summed E-state index contributed by atoms with van der Waals surface area (Å²) in [4.78, 5) is 98.2. The standard InChI is InChI=1S/C34H65N13O8/c1-18(2)13-23(44-27(49)17-42-28(50)21(43-26(48)16-35)9-7-11-40-33(36)37)30(52)45-22(10-8-12-41-34(38)39)29(51)46-24(14-19(3)4)31(53)47-25(32(54)55)15-20(5)6/h18-25H,7-17,35H2,1-6H3,(H,42,50)(H,43,48)(H,44,49)(H,45,52)(H,46,51)(H,47,53)(H,54,55)(H4,36,37,40)(H4,38,39,41). The molecule has 0 aliphatic rings. The Balaban J connectivity index is 6.04. The second-order valence-corrected chi connectivity index (χ2v) is 14.5. The predicted octanol–water partition coefficient (Wildman–Crippen LogP) is -3.18. The number of nitrogens with two attached hydrogens (primary N) is 5. The van der Waals surface area contributed by atoms with Crippen LogP contribution >= 0.6 is 0 Å². The molecule has 0 saturated heterocycles. The highest BCUT2D eigenvalue weighted by atomic mass is 16.4. The molecule has 5 unspecified atom stereocenters. The van der Waals surface area contributed by atoms with Crippen molar-refractivity contribution in [3.63, 3.8) is 0 Å². The third kappa shape index (κ3) is 23.2. The summed E-state index contributed by atoms with van der Waals surface area (Å²) in [6, 6.07) is -5.71. The molecule has 0 aliphatic heterocycles. The Kier molecular flexibility index (Phi) is 24.0. The van der Waals surface area contributed by atoms with E-state index >= 15 is 0 Å². The van der Waals surface area contributed by atoms with Crippen LogP contribution in [-0.4, -0.2) is 115 Å². The molecule has 55 heavy (non-hydrogen) atoms. The number of aliphatic imine (C=N–C) groups is 2. The van der Waals surface area contributed by atoms with Gasteiger partial charge in [-0.15, -0.1) is 0 Å². The van der Waals surface area contributed by atoms with E-state index in [4.69, 9.17) is 28.7 Å². The smallest absolute Gasteiger partial charge is 0.326 e. The Morgan fingerprint density at radius 2 is 0.891 bits per heavy atom. The Morgan fingerprint density at radius 1 is 0.527 bits per heavy atom. The molecule has 0 aromatic rings. The molecule has 0 radical (unpaired) electrons. The summed E-state index contributed by atoms with van der Waals surface area (Å²) in [6.07, 6.45) is 1.24. The predicted molar refractivity (Wildman–Crippen MR) is 208 cm³/mol. The van der Waals surface area contributed by atoms with Crippen LogP contribution in [0.1, 0.15) is 86.5 Å². The molecule has 314 valence electrons. The van der Waals surface area contributed by atoms with Crippen LogP contribution < -0.4 is 60.6 Å². The molecule has 21 nitrogen and oxygen atoms in total. The Hall–Kier alpha value is -5.21. The van der Waals surface area contributed by atoms with E-state index in [0.29, 0.717) is 6.42 Å². The number of carboxylic acid groups (broad SMARTS) is 1. The van der Waals surface area contributed by atoms with Gasteiger partial charge in [0, 0.05) is 13.1 Å². The first-order valence-electron chi connectivity index (χ1n) is 18.5. The van der Waals surface area contributed by atoms with Gasteiger partial charge in [-0.05, 0) is 62.7 Å². The zero-order valence-corrected chi connectivity index (χ0v) is 33.0. The molecule has 0 spiro atoms. The summed E-state index contributed by atoms with van der Waals surface area (Å²) < 4.78 is 0. The van der Waals surface area contributed by atoms with Crippen LogP contribution in [0, 0.1) is 17.8 Å². The van der Waals surface area contributed by atoms with Crippen LogP contribution in [0.5, 0.6) is 0 Å². The second-order valence-electron chi connectivity index (χ2n) is 14.5. The van der Waals surface area contributed by atoms with E-state index in [1.807, 2.05) is 41.5 Å². The van der Waals surface area contributed by atoms with Crippen molar-refractivity contribution in [2.45, 2.75) is 117 Å². The van der Waals surface area contributed by atoms with Crippen molar-refractivity contribution in [1.82, 2.24) is 31.9 Å². The maximum Gasteiger partial charge on any atom is 0.326 e. The molecule has 0 saturated carbocycles. The summed E-state index contributed by atoms with van der Waals surface area (Å²) in [6.45, 7) is 10.3. The fraction of sp³-hybridized carbons (Fsp3) is 0.735. The number of guanidine groups is 2. The highest BCUT2D eigenvalue weighted by molar-refractivity contribution is 5.96. The summed E-state index contributed by atoms with van der Waals surface area (Å²) in [7, 11) is 0. The van der Waals surface area contributed by atoms with Gasteiger partial charge in [0.1, 0.15) is 30.2 Å². The van der Waals surface area contributed by atoms with Gasteiger partial charge in [-0.3, -0.25) is 38.8 Å². The van der Waals surface area contributed by atoms with E-state index < -0.39 is 78.2 Å². The van der Waals surface area contributed by atoms with Gasteiger partial charge >= 0.3 is 5.97 Å².